The van der Waals surface area contributed by atoms with Gasteiger partial charge in [-0.2, -0.15) is 0 Å². The van der Waals surface area contributed by atoms with Crippen molar-refractivity contribution in [3.63, 3.8) is 0 Å². The minimum atomic E-state index is -0.451. The topological polar surface area (TPSA) is 83.8 Å². The Hall–Kier alpha value is -3.03. The maximum atomic E-state index is 13.5. The number of aromatic amines is 1. The number of hydrogen-bond donors (Lipinski definition) is 3. The van der Waals surface area contributed by atoms with Crippen molar-refractivity contribution in [1.82, 2.24) is 15.3 Å². The summed E-state index contributed by atoms with van der Waals surface area (Å²) in [4.78, 5) is 21.3. The quantitative estimate of drug-likeness (QED) is 0.465. The van der Waals surface area contributed by atoms with E-state index in [2.05, 4.69) is 15.3 Å². The minimum Gasteiger partial charge on any atom is -0.346 e. The third-order valence-electron chi connectivity index (χ3n) is 4.68. The van der Waals surface area contributed by atoms with Gasteiger partial charge in [-0.1, -0.05) is 12.1 Å². The van der Waals surface area contributed by atoms with Crippen molar-refractivity contribution in [3.8, 4) is 0 Å². The first-order chi connectivity index (χ1) is 13.7. The van der Waals surface area contributed by atoms with Gasteiger partial charge in [-0.25, -0.2) is 9.37 Å². The van der Waals surface area contributed by atoms with Crippen LogP contribution in [0.15, 0.2) is 60.2 Å². The van der Waals surface area contributed by atoms with E-state index in [-0.39, 0.29) is 18.3 Å². The fraction of sp³-hybridized carbons (Fsp3) is 0.143. The summed E-state index contributed by atoms with van der Waals surface area (Å²) in [5, 5.41) is 5.87. The van der Waals surface area contributed by atoms with E-state index in [1.54, 1.807) is 18.3 Å². The van der Waals surface area contributed by atoms with Crippen molar-refractivity contribution in [2.24, 2.45) is 5.73 Å². The van der Waals surface area contributed by atoms with Crippen LogP contribution in [0.25, 0.3) is 11.0 Å². The fourth-order valence-corrected chi connectivity index (χ4v) is 4.16. The van der Waals surface area contributed by atoms with E-state index in [0.29, 0.717) is 17.5 Å². The molecule has 0 aliphatic heterocycles. The van der Waals surface area contributed by atoms with Crippen molar-refractivity contribution in [1.29, 1.82) is 0 Å². The molecule has 0 saturated carbocycles. The molecule has 0 saturated heterocycles. The molecule has 3 heterocycles. The number of pyridine rings is 1. The number of aromatic nitrogens is 2. The van der Waals surface area contributed by atoms with E-state index in [1.165, 1.54) is 23.5 Å². The van der Waals surface area contributed by atoms with E-state index in [9.17, 15) is 9.18 Å². The van der Waals surface area contributed by atoms with Crippen molar-refractivity contribution < 1.29 is 9.18 Å². The van der Waals surface area contributed by atoms with Gasteiger partial charge in [0.25, 0.3) is 5.91 Å². The Morgan fingerprint density at radius 2 is 2.18 bits per heavy atom. The van der Waals surface area contributed by atoms with Crippen LogP contribution in [0.3, 0.4) is 0 Å². The molecule has 0 aliphatic rings. The van der Waals surface area contributed by atoms with Gasteiger partial charge in [0.2, 0.25) is 0 Å². The van der Waals surface area contributed by atoms with Gasteiger partial charge in [-0.15, -0.1) is 11.3 Å². The predicted molar refractivity (Wildman–Crippen MR) is 109 cm³/mol. The molecule has 5 nitrogen and oxygen atoms in total. The second kappa shape index (κ2) is 7.92. The SMILES string of the molecule is NCC(NC(=O)c1ccsc1Cc1ccnc2[nH]ccc12)c1cccc(F)c1. The zero-order valence-electron chi connectivity index (χ0n) is 15.0. The number of fused-ring (bicyclic) bond motifs is 1. The highest BCUT2D eigenvalue weighted by Gasteiger charge is 2.19. The molecular formula is C21H19FN4OS. The molecule has 0 bridgehead atoms. The highest BCUT2D eigenvalue weighted by molar-refractivity contribution is 7.10. The van der Waals surface area contributed by atoms with Crippen LogP contribution < -0.4 is 11.1 Å². The van der Waals surface area contributed by atoms with E-state index in [0.717, 1.165) is 21.5 Å². The largest absolute Gasteiger partial charge is 0.346 e. The average molecular weight is 394 g/mol. The maximum Gasteiger partial charge on any atom is 0.252 e. The van der Waals surface area contributed by atoms with Gasteiger partial charge in [0.15, 0.2) is 0 Å². The van der Waals surface area contributed by atoms with E-state index >= 15 is 0 Å². The first kappa shape index (κ1) is 18.3. The predicted octanol–water partition coefficient (Wildman–Crippen LogP) is 3.78. The van der Waals surface area contributed by atoms with E-state index in [1.807, 2.05) is 29.8 Å². The van der Waals surface area contributed by atoms with Crippen LogP contribution in [0.1, 0.15) is 32.4 Å². The number of rotatable bonds is 6. The van der Waals surface area contributed by atoms with Crippen molar-refractivity contribution in [2.75, 3.05) is 6.54 Å². The summed E-state index contributed by atoms with van der Waals surface area (Å²) in [5.41, 5.74) is 9.01. The Labute approximate surface area is 165 Å². The molecule has 0 radical (unpaired) electrons. The van der Waals surface area contributed by atoms with Gasteiger partial charge in [0.05, 0.1) is 11.6 Å². The monoisotopic (exact) mass is 394 g/mol. The van der Waals surface area contributed by atoms with Crippen molar-refractivity contribution in [2.45, 2.75) is 12.5 Å². The molecule has 4 rings (SSSR count). The molecule has 0 spiro atoms. The van der Waals surface area contributed by atoms with Crippen LogP contribution >= 0.6 is 11.3 Å². The summed E-state index contributed by atoms with van der Waals surface area (Å²) in [6, 6.07) is 11.4. The molecule has 4 N–H and O–H groups in total. The van der Waals surface area contributed by atoms with Crippen LogP contribution in [0.2, 0.25) is 0 Å². The molecule has 3 aromatic heterocycles. The van der Waals surface area contributed by atoms with Crippen LogP contribution in [-0.2, 0) is 6.42 Å². The Morgan fingerprint density at radius 1 is 1.29 bits per heavy atom. The molecule has 0 aliphatic carbocycles. The van der Waals surface area contributed by atoms with Crippen molar-refractivity contribution in [3.05, 3.63) is 87.6 Å². The van der Waals surface area contributed by atoms with Crippen LogP contribution in [0.5, 0.6) is 0 Å². The zero-order valence-corrected chi connectivity index (χ0v) is 15.8. The number of amides is 1. The van der Waals surface area contributed by atoms with Crippen LogP contribution in [0.4, 0.5) is 4.39 Å². The van der Waals surface area contributed by atoms with Crippen LogP contribution in [0, 0.1) is 5.82 Å². The second-order valence-corrected chi connectivity index (χ2v) is 7.46. The summed E-state index contributed by atoms with van der Waals surface area (Å²) in [5.74, 6) is -0.565. The molecule has 1 unspecified atom stereocenters. The number of nitrogens with one attached hydrogen (secondary N) is 2. The van der Waals surface area contributed by atoms with E-state index in [4.69, 9.17) is 5.73 Å². The third kappa shape index (κ3) is 3.67. The summed E-state index contributed by atoms with van der Waals surface area (Å²) >= 11 is 1.53. The first-order valence-electron chi connectivity index (χ1n) is 8.89. The number of nitrogens with two attached hydrogens (primary N) is 1. The highest BCUT2D eigenvalue weighted by atomic mass is 32.1. The van der Waals surface area contributed by atoms with E-state index < -0.39 is 6.04 Å². The smallest absolute Gasteiger partial charge is 0.252 e. The summed E-state index contributed by atoms with van der Waals surface area (Å²) in [6.07, 6.45) is 4.24. The number of H-pyrrole nitrogens is 1. The molecule has 4 aromatic rings. The lowest BCUT2D eigenvalue weighted by Crippen LogP contribution is -2.33. The number of carbonyl (C=O) groups excluding carboxylic acids is 1. The number of thiophene rings is 1. The highest BCUT2D eigenvalue weighted by Crippen LogP contribution is 2.25. The molecule has 28 heavy (non-hydrogen) atoms. The van der Waals surface area contributed by atoms with Gasteiger partial charge in [0.1, 0.15) is 11.5 Å². The fourth-order valence-electron chi connectivity index (χ4n) is 3.26. The maximum absolute atomic E-state index is 13.5. The zero-order chi connectivity index (χ0) is 19.5. The number of halogens is 1. The third-order valence-corrected chi connectivity index (χ3v) is 5.60. The van der Waals surface area contributed by atoms with Gasteiger partial charge >= 0.3 is 0 Å². The Kier molecular flexibility index (Phi) is 5.18. The number of nitrogens with zero attached hydrogens (tertiary/aromatic N) is 1. The molecule has 0 fully saturated rings. The average Bonchev–Trinajstić information content (AvgIpc) is 3.35. The molecule has 1 aromatic carbocycles. The number of carbonyl (C=O) groups is 1. The van der Waals surface area contributed by atoms with Crippen LogP contribution in [-0.4, -0.2) is 22.4 Å². The van der Waals surface area contributed by atoms with Gasteiger partial charge in [0, 0.05) is 35.6 Å². The molecular weight excluding hydrogens is 375 g/mol. The molecule has 1 amide bonds. The lowest BCUT2D eigenvalue weighted by Gasteiger charge is -2.17. The molecule has 142 valence electrons. The summed E-state index contributed by atoms with van der Waals surface area (Å²) in [6.45, 7) is 0.184. The standard InChI is InChI=1S/C21H19FN4OS/c22-15-3-1-2-14(10-15)18(12-23)26-21(27)17-6-9-28-19(17)11-13-4-7-24-20-16(13)5-8-25-20/h1-10,18H,11-12,23H2,(H,24,25)(H,26,27). The van der Waals surface area contributed by atoms with Gasteiger partial charge < -0.3 is 16.0 Å². The number of hydrogen-bond acceptors (Lipinski definition) is 4. The molecule has 1 atom stereocenters. The minimum absolute atomic E-state index is 0.184. The number of benzene rings is 1. The Morgan fingerprint density at radius 3 is 3.00 bits per heavy atom. The van der Waals surface area contributed by atoms with Crippen molar-refractivity contribution >= 4 is 28.3 Å². The van der Waals surface area contributed by atoms with Gasteiger partial charge in [-0.3, -0.25) is 4.79 Å². The van der Waals surface area contributed by atoms with Gasteiger partial charge in [-0.05, 0) is 46.8 Å². The second-order valence-electron chi connectivity index (χ2n) is 6.46. The summed E-state index contributed by atoms with van der Waals surface area (Å²) in [7, 11) is 0. The summed E-state index contributed by atoms with van der Waals surface area (Å²) < 4.78 is 13.5. The first-order valence-corrected chi connectivity index (χ1v) is 9.77. The Balaban J connectivity index is 1.56. The lowest BCUT2D eigenvalue weighted by molar-refractivity contribution is 0.0937. The molecule has 7 heteroatoms. The normalized spacial score (nSPS) is 12.2. The Bertz CT molecular complexity index is 1120. The lowest BCUT2D eigenvalue weighted by atomic mass is 10.0.